The van der Waals surface area contributed by atoms with E-state index in [0.29, 0.717) is 9.90 Å². The Morgan fingerprint density at radius 3 is 2.54 bits per heavy atom. The van der Waals surface area contributed by atoms with Crippen molar-refractivity contribution in [3.05, 3.63) is 75.8 Å². The van der Waals surface area contributed by atoms with Crippen LogP contribution in [-0.4, -0.2) is 10.9 Å². The Morgan fingerprint density at radius 2 is 1.93 bits per heavy atom. The molecule has 3 aromatic rings. The molecule has 146 valence electrons. The number of thioether (sulfide) groups is 1. The zero-order valence-corrected chi connectivity index (χ0v) is 16.8. The number of halogens is 4. The number of anilines is 1. The summed E-state index contributed by atoms with van der Waals surface area (Å²) in [4.78, 5) is 17.3. The zero-order valence-electron chi connectivity index (χ0n) is 14.5. The SMILES string of the molecule is Cc1csc(S[C@@H](C(=O)Nc2ccc(Cl)cc2C(F)(F)F)c2ccccc2)n1. The monoisotopic (exact) mass is 442 g/mol. The van der Waals surface area contributed by atoms with Gasteiger partial charge < -0.3 is 5.32 Å². The number of thiazole rings is 1. The quantitative estimate of drug-likeness (QED) is 0.453. The highest BCUT2D eigenvalue weighted by molar-refractivity contribution is 8.01. The highest BCUT2D eigenvalue weighted by Crippen LogP contribution is 2.40. The van der Waals surface area contributed by atoms with E-state index in [4.69, 9.17) is 11.6 Å². The molecule has 0 aliphatic rings. The van der Waals surface area contributed by atoms with Gasteiger partial charge in [0.15, 0.2) is 4.34 Å². The van der Waals surface area contributed by atoms with Crippen molar-refractivity contribution in [2.75, 3.05) is 5.32 Å². The van der Waals surface area contributed by atoms with E-state index in [0.717, 1.165) is 17.8 Å². The predicted molar refractivity (Wildman–Crippen MR) is 107 cm³/mol. The highest BCUT2D eigenvalue weighted by atomic mass is 35.5. The van der Waals surface area contributed by atoms with Crippen molar-refractivity contribution < 1.29 is 18.0 Å². The number of rotatable bonds is 5. The minimum atomic E-state index is -4.64. The molecule has 0 saturated carbocycles. The molecule has 3 nitrogen and oxygen atoms in total. The van der Waals surface area contributed by atoms with Crippen molar-refractivity contribution in [3.8, 4) is 0 Å². The van der Waals surface area contributed by atoms with Crippen LogP contribution < -0.4 is 5.32 Å². The van der Waals surface area contributed by atoms with Crippen molar-refractivity contribution in [3.63, 3.8) is 0 Å². The Hall–Kier alpha value is -2.03. The number of hydrogen-bond acceptors (Lipinski definition) is 4. The lowest BCUT2D eigenvalue weighted by atomic mass is 10.1. The van der Waals surface area contributed by atoms with Crippen molar-refractivity contribution in [2.45, 2.75) is 22.7 Å². The molecule has 1 heterocycles. The third-order valence-electron chi connectivity index (χ3n) is 3.70. The fourth-order valence-corrected chi connectivity index (χ4v) is 4.65. The lowest BCUT2D eigenvalue weighted by molar-refractivity contribution is -0.137. The number of carbonyl (C=O) groups is 1. The second-order valence-electron chi connectivity index (χ2n) is 5.84. The number of nitrogens with one attached hydrogen (secondary N) is 1. The highest BCUT2D eigenvalue weighted by Gasteiger charge is 2.35. The van der Waals surface area contributed by atoms with Crippen molar-refractivity contribution in [1.29, 1.82) is 0 Å². The van der Waals surface area contributed by atoms with Crippen molar-refractivity contribution >= 4 is 46.3 Å². The van der Waals surface area contributed by atoms with Gasteiger partial charge in [0, 0.05) is 16.1 Å². The number of amides is 1. The fraction of sp³-hybridized carbons (Fsp3) is 0.158. The molecule has 0 unspecified atom stereocenters. The van der Waals surface area contributed by atoms with Gasteiger partial charge in [-0.1, -0.05) is 53.7 Å². The first kappa shape index (κ1) is 20.7. The van der Waals surface area contributed by atoms with Gasteiger partial charge in [0.05, 0.1) is 11.3 Å². The predicted octanol–water partition coefficient (Wildman–Crippen LogP) is 6.60. The van der Waals surface area contributed by atoms with Crippen LogP contribution in [0.5, 0.6) is 0 Å². The third kappa shape index (κ3) is 5.06. The van der Waals surface area contributed by atoms with E-state index in [9.17, 15) is 18.0 Å². The molecule has 3 rings (SSSR count). The molecule has 0 saturated heterocycles. The van der Waals surface area contributed by atoms with Gasteiger partial charge in [-0.05, 0) is 30.7 Å². The van der Waals surface area contributed by atoms with Gasteiger partial charge in [-0.15, -0.1) is 11.3 Å². The summed E-state index contributed by atoms with van der Waals surface area (Å²) in [5.74, 6) is -0.572. The lowest BCUT2D eigenvalue weighted by Crippen LogP contribution is -2.21. The first-order valence-electron chi connectivity index (χ1n) is 8.05. The summed E-state index contributed by atoms with van der Waals surface area (Å²) < 4.78 is 40.6. The molecular weight excluding hydrogens is 429 g/mol. The largest absolute Gasteiger partial charge is 0.418 e. The second kappa shape index (κ2) is 8.55. The summed E-state index contributed by atoms with van der Waals surface area (Å²) in [5, 5.41) is 3.44. The van der Waals surface area contributed by atoms with Crippen LogP contribution in [0.25, 0.3) is 0 Å². The number of aromatic nitrogens is 1. The van der Waals surface area contributed by atoms with Crippen LogP contribution in [0.15, 0.2) is 58.3 Å². The number of hydrogen-bond donors (Lipinski definition) is 1. The molecule has 1 amide bonds. The molecule has 0 fully saturated rings. The molecule has 1 N–H and O–H groups in total. The lowest BCUT2D eigenvalue weighted by Gasteiger charge is -2.18. The van der Waals surface area contributed by atoms with Crippen LogP contribution >= 0.6 is 34.7 Å². The van der Waals surface area contributed by atoms with Crippen LogP contribution in [0.3, 0.4) is 0 Å². The van der Waals surface area contributed by atoms with E-state index in [1.807, 2.05) is 12.3 Å². The number of aryl methyl sites for hydroxylation is 1. The van der Waals surface area contributed by atoms with Crippen LogP contribution in [0, 0.1) is 6.92 Å². The molecule has 9 heteroatoms. The van der Waals surface area contributed by atoms with Gasteiger partial charge in [-0.2, -0.15) is 13.2 Å². The molecule has 0 bridgehead atoms. The summed E-state index contributed by atoms with van der Waals surface area (Å²) in [6.45, 7) is 1.83. The normalized spacial score (nSPS) is 12.6. The third-order valence-corrected chi connectivity index (χ3v) is 6.28. The maximum atomic E-state index is 13.3. The van der Waals surface area contributed by atoms with E-state index in [-0.39, 0.29) is 10.7 Å². The van der Waals surface area contributed by atoms with Crippen LogP contribution in [-0.2, 0) is 11.0 Å². The molecular formula is C19H14ClF3N2OS2. The standard InChI is InChI=1S/C19H14ClF3N2OS2/c1-11-10-27-18(24-11)28-16(12-5-3-2-4-6-12)17(26)25-15-8-7-13(20)9-14(15)19(21,22)23/h2-10,16H,1H3,(H,25,26)/t16-/m1/s1. The van der Waals surface area contributed by atoms with Gasteiger partial charge in [-0.3, -0.25) is 4.79 Å². The first-order valence-corrected chi connectivity index (χ1v) is 10.2. The van der Waals surface area contributed by atoms with Crippen LogP contribution in [0.1, 0.15) is 22.1 Å². The average Bonchev–Trinajstić information content (AvgIpc) is 3.06. The smallest absolute Gasteiger partial charge is 0.324 e. The maximum absolute atomic E-state index is 13.3. The van der Waals surface area contributed by atoms with E-state index in [2.05, 4.69) is 10.3 Å². The molecule has 2 aromatic carbocycles. The summed E-state index contributed by atoms with van der Waals surface area (Å²) in [7, 11) is 0. The van der Waals surface area contributed by atoms with E-state index in [1.54, 1.807) is 30.3 Å². The van der Waals surface area contributed by atoms with Crippen molar-refractivity contribution in [1.82, 2.24) is 4.98 Å². The van der Waals surface area contributed by atoms with Gasteiger partial charge in [-0.25, -0.2) is 4.98 Å². The Balaban J connectivity index is 1.92. The summed E-state index contributed by atoms with van der Waals surface area (Å²) in [5.41, 5.74) is 0.158. The molecule has 0 aliphatic heterocycles. The van der Waals surface area contributed by atoms with Gasteiger partial charge in [0.25, 0.3) is 0 Å². The Morgan fingerprint density at radius 1 is 1.21 bits per heavy atom. The number of carbonyl (C=O) groups excluding carboxylic acids is 1. The number of benzene rings is 2. The summed E-state index contributed by atoms with van der Waals surface area (Å²) >= 11 is 8.28. The molecule has 0 aliphatic carbocycles. The Kier molecular flexibility index (Phi) is 6.32. The molecule has 28 heavy (non-hydrogen) atoms. The van der Waals surface area contributed by atoms with Crippen LogP contribution in [0.4, 0.5) is 18.9 Å². The second-order valence-corrected chi connectivity index (χ2v) is 8.49. The van der Waals surface area contributed by atoms with Gasteiger partial charge in [0.2, 0.25) is 5.91 Å². The Bertz CT molecular complexity index is 977. The van der Waals surface area contributed by atoms with Crippen molar-refractivity contribution in [2.24, 2.45) is 0 Å². The minimum absolute atomic E-state index is 0.0578. The van der Waals surface area contributed by atoms with E-state index in [1.165, 1.54) is 29.2 Å². The summed E-state index contributed by atoms with van der Waals surface area (Å²) in [6.07, 6.45) is -4.64. The summed E-state index contributed by atoms with van der Waals surface area (Å²) in [6, 6.07) is 12.1. The van der Waals surface area contributed by atoms with E-state index < -0.39 is 22.9 Å². The number of alkyl halides is 3. The number of nitrogens with zero attached hydrogens (tertiary/aromatic N) is 1. The van der Waals surface area contributed by atoms with Gasteiger partial charge >= 0.3 is 6.18 Å². The van der Waals surface area contributed by atoms with Gasteiger partial charge in [0.1, 0.15) is 5.25 Å². The molecule has 1 atom stereocenters. The topological polar surface area (TPSA) is 42.0 Å². The fourth-order valence-electron chi connectivity index (χ4n) is 2.45. The Labute approximate surface area is 172 Å². The minimum Gasteiger partial charge on any atom is -0.324 e. The average molecular weight is 443 g/mol. The molecule has 0 spiro atoms. The van der Waals surface area contributed by atoms with E-state index >= 15 is 0 Å². The van der Waals surface area contributed by atoms with Crippen LogP contribution in [0.2, 0.25) is 5.02 Å². The molecule has 0 radical (unpaired) electrons. The zero-order chi connectivity index (χ0) is 20.3. The molecule has 1 aromatic heterocycles. The maximum Gasteiger partial charge on any atom is 0.418 e. The first-order chi connectivity index (χ1) is 13.2.